The molecule has 0 saturated heterocycles. The Morgan fingerprint density at radius 1 is 1.00 bits per heavy atom. The van der Waals surface area contributed by atoms with Crippen LogP contribution in [0.1, 0.15) is 18.9 Å². The van der Waals surface area contributed by atoms with E-state index < -0.39 is 0 Å². The van der Waals surface area contributed by atoms with Crippen molar-refractivity contribution >= 4 is 11.6 Å². The molecule has 1 amide bonds. The highest BCUT2D eigenvalue weighted by molar-refractivity contribution is 5.94. The van der Waals surface area contributed by atoms with Crippen molar-refractivity contribution in [3.05, 3.63) is 42.0 Å². The Hall–Kier alpha value is -3.44. The fourth-order valence-electron chi connectivity index (χ4n) is 3.40. The highest BCUT2D eigenvalue weighted by Crippen LogP contribution is 2.40. The molecular formula is C24H31N3O5. The molecule has 0 bridgehead atoms. The lowest BCUT2D eigenvalue weighted by atomic mass is 10.1. The molecule has 0 atom stereocenters. The second kappa shape index (κ2) is 12.4. The van der Waals surface area contributed by atoms with Gasteiger partial charge in [-0.2, -0.15) is 5.26 Å². The minimum absolute atomic E-state index is 0.105. The molecule has 0 aliphatic rings. The summed E-state index contributed by atoms with van der Waals surface area (Å²) >= 11 is 0. The van der Waals surface area contributed by atoms with Crippen LogP contribution in [-0.2, 0) is 11.3 Å². The third kappa shape index (κ3) is 6.28. The Morgan fingerprint density at radius 3 is 2.25 bits per heavy atom. The SMILES string of the molecule is CCOc1ccc(N(CCC#N)C(=O)CN(C)Cc2ccc(OC)c(OC)c2OC)cc1. The molecule has 0 aliphatic carbocycles. The second-order valence-corrected chi connectivity index (χ2v) is 7.05. The van der Waals surface area contributed by atoms with E-state index in [-0.39, 0.29) is 18.9 Å². The number of anilines is 1. The van der Waals surface area contributed by atoms with Crippen LogP contribution in [0.5, 0.6) is 23.0 Å². The fraction of sp³-hybridized carbons (Fsp3) is 0.417. The van der Waals surface area contributed by atoms with E-state index in [0.29, 0.717) is 36.9 Å². The van der Waals surface area contributed by atoms with Gasteiger partial charge in [-0.15, -0.1) is 0 Å². The van der Waals surface area contributed by atoms with Crippen molar-refractivity contribution in [2.45, 2.75) is 19.9 Å². The smallest absolute Gasteiger partial charge is 0.241 e. The van der Waals surface area contributed by atoms with Gasteiger partial charge in [-0.25, -0.2) is 0 Å². The van der Waals surface area contributed by atoms with Crippen LogP contribution in [0.15, 0.2) is 36.4 Å². The van der Waals surface area contributed by atoms with Gasteiger partial charge in [0.15, 0.2) is 11.5 Å². The maximum Gasteiger partial charge on any atom is 0.241 e. The zero-order valence-electron chi connectivity index (χ0n) is 19.4. The van der Waals surface area contributed by atoms with Crippen molar-refractivity contribution in [3.63, 3.8) is 0 Å². The average molecular weight is 442 g/mol. The van der Waals surface area contributed by atoms with Crippen LogP contribution in [0.25, 0.3) is 0 Å². The van der Waals surface area contributed by atoms with Crippen molar-refractivity contribution in [2.75, 3.05) is 53.0 Å². The number of carbonyl (C=O) groups is 1. The molecule has 0 spiro atoms. The minimum Gasteiger partial charge on any atom is -0.494 e. The maximum absolute atomic E-state index is 13.1. The number of rotatable bonds is 12. The third-order valence-corrected chi connectivity index (χ3v) is 4.84. The van der Waals surface area contributed by atoms with Crippen molar-refractivity contribution in [3.8, 4) is 29.1 Å². The monoisotopic (exact) mass is 441 g/mol. The highest BCUT2D eigenvalue weighted by Gasteiger charge is 2.20. The van der Waals surface area contributed by atoms with Gasteiger partial charge in [0.05, 0.1) is 47.0 Å². The predicted octanol–water partition coefficient (Wildman–Crippen LogP) is 3.49. The van der Waals surface area contributed by atoms with E-state index >= 15 is 0 Å². The highest BCUT2D eigenvalue weighted by atomic mass is 16.5. The Bertz CT molecular complexity index is 924. The summed E-state index contributed by atoms with van der Waals surface area (Å²) in [4.78, 5) is 16.6. The minimum atomic E-state index is -0.105. The largest absolute Gasteiger partial charge is 0.494 e. The first-order chi connectivity index (χ1) is 15.5. The lowest BCUT2D eigenvalue weighted by Crippen LogP contribution is -2.39. The van der Waals surface area contributed by atoms with E-state index in [1.165, 1.54) is 0 Å². The summed E-state index contributed by atoms with van der Waals surface area (Å²) in [5.74, 6) is 2.29. The van der Waals surface area contributed by atoms with E-state index in [4.69, 9.17) is 24.2 Å². The molecule has 32 heavy (non-hydrogen) atoms. The van der Waals surface area contributed by atoms with Gasteiger partial charge in [0.1, 0.15) is 5.75 Å². The van der Waals surface area contributed by atoms with Crippen molar-refractivity contribution in [2.24, 2.45) is 0 Å². The topological polar surface area (TPSA) is 84.3 Å². The van der Waals surface area contributed by atoms with Gasteiger partial charge < -0.3 is 23.8 Å². The summed E-state index contributed by atoms with van der Waals surface area (Å²) in [5.41, 5.74) is 1.59. The number of benzene rings is 2. The molecule has 0 radical (unpaired) electrons. The Morgan fingerprint density at radius 2 is 1.69 bits per heavy atom. The van der Waals surface area contributed by atoms with Crippen molar-refractivity contribution in [1.82, 2.24) is 4.90 Å². The molecule has 8 nitrogen and oxygen atoms in total. The molecule has 0 N–H and O–H groups in total. The van der Waals surface area contributed by atoms with Crippen molar-refractivity contribution in [1.29, 1.82) is 5.26 Å². The Balaban J connectivity index is 2.16. The fourth-order valence-corrected chi connectivity index (χ4v) is 3.40. The van der Waals surface area contributed by atoms with Gasteiger partial charge in [0.25, 0.3) is 0 Å². The summed E-state index contributed by atoms with van der Waals surface area (Å²) in [7, 11) is 6.55. The van der Waals surface area contributed by atoms with Gasteiger partial charge in [0.2, 0.25) is 11.7 Å². The summed E-state index contributed by atoms with van der Waals surface area (Å²) < 4.78 is 21.8. The molecule has 0 aliphatic heterocycles. The molecule has 2 aromatic rings. The molecule has 2 rings (SSSR count). The Kier molecular flexibility index (Phi) is 9.64. The van der Waals surface area contributed by atoms with E-state index in [0.717, 1.165) is 17.0 Å². The van der Waals surface area contributed by atoms with Gasteiger partial charge >= 0.3 is 0 Å². The average Bonchev–Trinajstić information content (AvgIpc) is 2.79. The first-order valence-electron chi connectivity index (χ1n) is 10.4. The zero-order chi connectivity index (χ0) is 23.5. The number of ether oxygens (including phenoxy) is 4. The number of methoxy groups -OCH3 is 3. The Labute approximate surface area is 189 Å². The first-order valence-corrected chi connectivity index (χ1v) is 10.4. The van der Waals surface area contributed by atoms with Gasteiger partial charge in [-0.1, -0.05) is 6.07 Å². The third-order valence-electron chi connectivity index (χ3n) is 4.84. The number of hydrogen-bond donors (Lipinski definition) is 0. The second-order valence-electron chi connectivity index (χ2n) is 7.05. The first kappa shape index (κ1) is 24.8. The van der Waals surface area contributed by atoms with Gasteiger partial charge in [0, 0.05) is 24.3 Å². The molecule has 0 heterocycles. The standard InChI is InChI=1S/C24H31N3O5/c1-6-32-20-11-9-19(10-12-20)27(15-7-14-25)22(28)17-26(2)16-18-8-13-21(29-3)24(31-5)23(18)30-4/h8-13H,6-7,15-17H2,1-5H3. The predicted molar refractivity (Wildman–Crippen MR) is 123 cm³/mol. The van der Waals surface area contributed by atoms with Crippen LogP contribution in [-0.4, -0.2) is 58.9 Å². The van der Waals surface area contributed by atoms with E-state index in [2.05, 4.69) is 6.07 Å². The van der Waals surface area contributed by atoms with Gasteiger partial charge in [-0.3, -0.25) is 9.69 Å². The summed E-state index contributed by atoms with van der Waals surface area (Å²) in [6.45, 7) is 3.43. The van der Waals surface area contributed by atoms with Crippen molar-refractivity contribution < 1.29 is 23.7 Å². The van der Waals surface area contributed by atoms with Crippen LogP contribution in [0, 0.1) is 11.3 Å². The number of carbonyl (C=O) groups excluding carboxylic acids is 1. The number of likely N-dealkylation sites (N-methyl/N-ethyl adjacent to an activating group) is 1. The molecular weight excluding hydrogens is 410 g/mol. The number of amides is 1. The molecule has 0 unspecified atom stereocenters. The van der Waals surface area contributed by atoms with Crippen LogP contribution < -0.4 is 23.8 Å². The molecule has 8 heteroatoms. The summed E-state index contributed by atoms with van der Waals surface area (Å²) in [6.07, 6.45) is 0.242. The van der Waals surface area contributed by atoms with E-state index in [1.54, 1.807) is 26.2 Å². The van der Waals surface area contributed by atoms with E-state index in [1.807, 2.05) is 55.3 Å². The molecule has 0 saturated carbocycles. The number of nitriles is 1. The maximum atomic E-state index is 13.1. The van der Waals surface area contributed by atoms with Crippen LogP contribution in [0.4, 0.5) is 5.69 Å². The van der Waals surface area contributed by atoms with Gasteiger partial charge in [-0.05, 0) is 44.3 Å². The lowest BCUT2D eigenvalue weighted by Gasteiger charge is -2.26. The van der Waals surface area contributed by atoms with E-state index in [9.17, 15) is 4.79 Å². The molecule has 2 aromatic carbocycles. The number of hydrogen-bond acceptors (Lipinski definition) is 7. The molecule has 172 valence electrons. The molecule has 0 fully saturated rings. The molecule has 0 aromatic heterocycles. The van der Waals surface area contributed by atoms with Crippen LogP contribution in [0.3, 0.4) is 0 Å². The van der Waals surface area contributed by atoms with Crippen LogP contribution in [0.2, 0.25) is 0 Å². The number of nitrogens with zero attached hydrogens (tertiary/aromatic N) is 3. The summed E-state index contributed by atoms with van der Waals surface area (Å²) in [5, 5.41) is 9.03. The van der Waals surface area contributed by atoms with Crippen LogP contribution >= 0.6 is 0 Å². The summed E-state index contributed by atoms with van der Waals surface area (Å²) in [6, 6.07) is 13.1. The normalized spacial score (nSPS) is 10.4. The quantitative estimate of drug-likeness (QED) is 0.498. The lowest BCUT2D eigenvalue weighted by molar-refractivity contribution is -0.119. The zero-order valence-corrected chi connectivity index (χ0v) is 19.4.